The van der Waals surface area contributed by atoms with Crippen molar-refractivity contribution in [2.24, 2.45) is 0 Å². The van der Waals surface area contributed by atoms with Crippen molar-refractivity contribution in [3.8, 4) is 34.2 Å². The summed E-state index contributed by atoms with van der Waals surface area (Å²) in [6, 6.07) is 77.4. The summed E-state index contributed by atoms with van der Waals surface area (Å²) < 4.78 is 16.6. The van der Waals surface area contributed by atoms with Crippen molar-refractivity contribution < 1.29 is 4.74 Å². The molecule has 0 atom stereocenters. The van der Waals surface area contributed by atoms with E-state index in [1.807, 2.05) is 0 Å². The van der Waals surface area contributed by atoms with E-state index >= 15 is 0 Å². The molecule has 5 heterocycles. The van der Waals surface area contributed by atoms with Gasteiger partial charge in [-0.3, -0.25) is 0 Å². The van der Waals surface area contributed by atoms with Crippen molar-refractivity contribution >= 4 is 99.0 Å². The molecule has 1 aliphatic rings. The molecule has 0 N–H and O–H groups in total. The Morgan fingerprint density at radius 3 is 1.12 bits per heavy atom. The minimum absolute atomic E-state index is 0.855. The van der Waals surface area contributed by atoms with Gasteiger partial charge in [-0.1, -0.05) is 115 Å². The van der Waals surface area contributed by atoms with Crippen LogP contribution in [0, 0.1) is 6.92 Å². The predicted octanol–water partition coefficient (Wildman–Crippen LogP) is 16.6. The average molecular weight is 875 g/mol. The van der Waals surface area contributed by atoms with Crippen molar-refractivity contribution in [1.29, 1.82) is 0 Å². The maximum Gasteiger partial charge on any atom is 0.143 e. The molecule has 0 radical (unpaired) electrons. The number of para-hydroxylation sites is 5. The van der Waals surface area contributed by atoms with Gasteiger partial charge in [0.1, 0.15) is 11.5 Å². The first-order valence-electron chi connectivity index (χ1n) is 22.8. The molecule has 15 rings (SSSR count). The highest BCUT2D eigenvalue weighted by molar-refractivity contribution is 7.99. The first kappa shape index (κ1) is 36.8. The molecule has 6 heteroatoms. The van der Waals surface area contributed by atoms with E-state index in [0.717, 1.165) is 60.6 Å². The second-order valence-electron chi connectivity index (χ2n) is 17.8. The summed E-state index contributed by atoms with van der Waals surface area (Å²) in [7, 11) is 0. The van der Waals surface area contributed by atoms with Crippen LogP contribution in [-0.2, 0) is 0 Å². The smallest absolute Gasteiger partial charge is 0.143 e. The fourth-order valence-corrected chi connectivity index (χ4v) is 12.2. The minimum atomic E-state index is 0.855. The Hall–Kier alpha value is -8.45. The van der Waals surface area contributed by atoms with Crippen LogP contribution in [-0.4, -0.2) is 18.3 Å². The zero-order valence-corrected chi connectivity index (χ0v) is 37.1. The molecule has 0 spiro atoms. The number of hydrogen-bond acceptors (Lipinski definition) is 2. The van der Waals surface area contributed by atoms with Gasteiger partial charge >= 0.3 is 0 Å². The Kier molecular flexibility index (Phi) is 7.58. The summed E-state index contributed by atoms with van der Waals surface area (Å²) in [5.41, 5.74) is 15.1. The Morgan fingerprint density at radius 2 is 0.642 bits per heavy atom. The van der Waals surface area contributed by atoms with Crippen LogP contribution in [0.2, 0.25) is 0 Å². The van der Waals surface area contributed by atoms with Crippen molar-refractivity contribution in [3.05, 3.63) is 218 Å². The number of nitrogens with zero attached hydrogens (tertiary/aromatic N) is 4. The van der Waals surface area contributed by atoms with Gasteiger partial charge in [0.2, 0.25) is 0 Å². The maximum absolute atomic E-state index is 6.97. The first-order chi connectivity index (χ1) is 33.1. The lowest BCUT2D eigenvalue weighted by Gasteiger charge is -2.22. The zero-order chi connectivity index (χ0) is 43.9. The molecule has 14 aromatic rings. The summed E-state index contributed by atoms with van der Waals surface area (Å²) >= 11 is 1.77. The van der Waals surface area contributed by atoms with Crippen LogP contribution in [0.25, 0.3) is 110 Å². The highest BCUT2D eigenvalue weighted by Gasteiger charge is 2.24. The standard InChI is InChI=1S/C61H38N4OS/c1-37-13-12-24-56-61(37)48-34-39(63-51-21-9-4-16-44(51)45-17-5-10-22-52(45)63)26-30-55(48)65(56)41-28-32-60-58(36-41)66-57-35-40(27-31-59(57)67-60)64-53-23-11-6-18-46(53)47-33-38(25-29-54(47)64)62-49-19-7-2-14-42(49)43-15-3-8-20-50(43)62/h2-36H,1H3. The van der Waals surface area contributed by atoms with E-state index in [-0.39, 0.29) is 0 Å². The molecule has 5 nitrogen and oxygen atoms in total. The third kappa shape index (κ3) is 5.21. The van der Waals surface area contributed by atoms with E-state index in [1.165, 1.54) is 76.2 Å². The second-order valence-corrected chi connectivity index (χ2v) is 18.8. The second kappa shape index (κ2) is 13.8. The Balaban J connectivity index is 0.839. The van der Waals surface area contributed by atoms with Crippen molar-refractivity contribution in [2.75, 3.05) is 0 Å². The van der Waals surface area contributed by atoms with E-state index in [0.29, 0.717) is 0 Å². The van der Waals surface area contributed by atoms with E-state index in [2.05, 4.69) is 238 Å². The van der Waals surface area contributed by atoms with Gasteiger partial charge in [-0.25, -0.2) is 0 Å². The third-order valence-electron chi connectivity index (χ3n) is 14.1. The largest absolute Gasteiger partial charge is 0.455 e. The van der Waals surface area contributed by atoms with Crippen molar-refractivity contribution in [2.45, 2.75) is 16.7 Å². The van der Waals surface area contributed by atoms with Crippen LogP contribution in [0.15, 0.2) is 222 Å². The number of aromatic nitrogens is 4. The molecule has 0 aliphatic carbocycles. The first-order valence-corrected chi connectivity index (χ1v) is 23.6. The normalized spacial score (nSPS) is 12.6. The number of ether oxygens (including phenoxy) is 1. The SMILES string of the molecule is Cc1cccc2c1c1cc(-n3c4ccccc4c4ccccc43)ccc1n2-c1ccc2c(c1)Oc1cc(-n3c4ccccc4c4cc(-n5c6ccccc6c6ccccc65)ccc43)ccc1S2. The van der Waals surface area contributed by atoms with Crippen LogP contribution >= 0.6 is 11.8 Å². The number of benzene rings is 10. The van der Waals surface area contributed by atoms with E-state index in [1.54, 1.807) is 11.8 Å². The van der Waals surface area contributed by atoms with Gasteiger partial charge in [0, 0.05) is 78.0 Å². The molecular weight excluding hydrogens is 837 g/mol. The topological polar surface area (TPSA) is 28.9 Å². The molecule has 0 fully saturated rings. The molecule has 314 valence electrons. The van der Waals surface area contributed by atoms with Gasteiger partial charge in [0.15, 0.2) is 0 Å². The molecule has 0 saturated heterocycles. The van der Waals surface area contributed by atoms with Gasteiger partial charge in [0.05, 0.1) is 53.9 Å². The lowest BCUT2D eigenvalue weighted by atomic mass is 10.1. The lowest BCUT2D eigenvalue weighted by molar-refractivity contribution is 0.454. The average Bonchev–Trinajstić information content (AvgIpc) is 4.10. The molecular formula is C61H38N4OS. The summed E-state index contributed by atoms with van der Waals surface area (Å²) in [5.74, 6) is 1.71. The zero-order valence-electron chi connectivity index (χ0n) is 36.3. The molecule has 0 bridgehead atoms. The minimum Gasteiger partial charge on any atom is -0.455 e. The highest BCUT2D eigenvalue weighted by Crippen LogP contribution is 2.50. The van der Waals surface area contributed by atoms with Crippen LogP contribution in [0.4, 0.5) is 0 Å². The summed E-state index contributed by atoms with van der Waals surface area (Å²) in [6.07, 6.45) is 0. The van der Waals surface area contributed by atoms with Gasteiger partial charge in [-0.05, 0) is 110 Å². The Labute approximate surface area is 388 Å². The molecule has 1 aliphatic heterocycles. The van der Waals surface area contributed by atoms with Crippen molar-refractivity contribution in [3.63, 3.8) is 0 Å². The highest BCUT2D eigenvalue weighted by atomic mass is 32.2. The van der Waals surface area contributed by atoms with E-state index in [9.17, 15) is 0 Å². The summed E-state index contributed by atoms with van der Waals surface area (Å²) in [6.45, 7) is 2.22. The number of hydrogen-bond donors (Lipinski definition) is 0. The van der Waals surface area contributed by atoms with Crippen LogP contribution in [0.3, 0.4) is 0 Å². The number of aryl methyl sites for hydroxylation is 1. The van der Waals surface area contributed by atoms with Gasteiger partial charge < -0.3 is 23.0 Å². The quantitative estimate of drug-likeness (QED) is 0.176. The fraction of sp³-hybridized carbons (Fsp3) is 0.0164. The molecule has 4 aromatic heterocycles. The monoisotopic (exact) mass is 874 g/mol. The van der Waals surface area contributed by atoms with Crippen LogP contribution in [0.1, 0.15) is 5.56 Å². The summed E-state index contributed by atoms with van der Waals surface area (Å²) in [4.78, 5) is 2.20. The fourth-order valence-electron chi connectivity index (χ4n) is 11.3. The Morgan fingerprint density at radius 1 is 0.299 bits per heavy atom. The molecule has 10 aromatic carbocycles. The molecule has 0 saturated carbocycles. The van der Waals surface area contributed by atoms with Crippen molar-refractivity contribution in [1.82, 2.24) is 18.3 Å². The van der Waals surface area contributed by atoms with E-state index < -0.39 is 0 Å². The Bertz CT molecular complexity index is 4320. The number of rotatable bonds is 4. The van der Waals surface area contributed by atoms with Gasteiger partial charge in [-0.15, -0.1) is 0 Å². The maximum atomic E-state index is 6.97. The molecule has 0 unspecified atom stereocenters. The van der Waals surface area contributed by atoms with Crippen LogP contribution in [0.5, 0.6) is 11.5 Å². The number of fused-ring (bicyclic) bond motifs is 14. The van der Waals surface area contributed by atoms with E-state index in [4.69, 9.17) is 4.74 Å². The van der Waals surface area contributed by atoms with Crippen LogP contribution < -0.4 is 4.74 Å². The van der Waals surface area contributed by atoms with Gasteiger partial charge in [-0.2, -0.15) is 0 Å². The predicted molar refractivity (Wildman–Crippen MR) is 279 cm³/mol. The molecule has 0 amide bonds. The molecule has 67 heavy (non-hydrogen) atoms. The summed E-state index contributed by atoms with van der Waals surface area (Å²) in [5, 5.41) is 9.96. The van der Waals surface area contributed by atoms with Gasteiger partial charge in [0.25, 0.3) is 0 Å². The lowest BCUT2D eigenvalue weighted by Crippen LogP contribution is -2.01. The third-order valence-corrected chi connectivity index (χ3v) is 15.2.